The minimum atomic E-state index is -0.816. The van der Waals surface area contributed by atoms with Crippen molar-refractivity contribution >= 4 is 17.3 Å². The first-order valence-corrected chi connectivity index (χ1v) is 6.18. The van der Waals surface area contributed by atoms with Crippen LogP contribution >= 0.6 is 11.3 Å². The Balaban J connectivity index is 2.39. The van der Waals surface area contributed by atoms with Crippen LogP contribution in [0, 0.1) is 0 Å². The highest BCUT2D eigenvalue weighted by Crippen LogP contribution is 2.16. The Hall–Kier alpha value is -0.910. The van der Waals surface area contributed by atoms with Crippen LogP contribution in [0.1, 0.15) is 18.0 Å². The number of nitrogens with zero attached hydrogens (tertiary/aromatic N) is 1. The second kappa shape index (κ2) is 6.62. The number of rotatable bonds is 7. The molecule has 0 aliphatic carbocycles. The van der Waals surface area contributed by atoms with Gasteiger partial charge in [0, 0.05) is 0 Å². The van der Waals surface area contributed by atoms with Crippen LogP contribution in [0.5, 0.6) is 0 Å². The third-order valence-corrected chi connectivity index (χ3v) is 2.96. The Labute approximate surface area is 99.9 Å². The highest BCUT2D eigenvalue weighted by atomic mass is 32.1. The zero-order valence-corrected chi connectivity index (χ0v) is 10.5. The van der Waals surface area contributed by atoms with E-state index in [9.17, 15) is 4.79 Å². The molecular weight excluding hydrogens is 224 g/mol. The summed E-state index contributed by atoms with van der Waals surface area (Å²) >= 11 is 1.52. The van der Waals surface area contributed by atoms with Gasteiger partial charge in [0.25, 0.3) is 0 Å². The molecule has 1 unspecified atom stereocenters. The second-order valence-corrected chi connectivity index (χ2v) is 4.72. The molecule has 1 rings (SSSR count). The van der Waals surface area contributed by atoms with Gasteiger partial charge in [-0.3, -0.25) is 4.79 Å². The maximum atomic E-state index is 11.1. The molecule has 0 spiro atoms. The normalized spacial score (nSPS) is 12.9. The van der Waals surface area contributed by atoms with E-state index in [1.807, 2.05) is 30.9 Å². The number of hydrogen-bond donors (Lipinski definition) is 2. The molecule has 1 aromatic heterocycles. The molecule has 0 amide bonds. The van der Waals surface area contributed by atoms with Crippen LogP contribution in [0.3, 0.4) is 0 Å². The van der Waals surface area contributed by atoms with Crippen LogP contribution in [0.2, 0.25) is 0 Å². The predicted molar refractivity (Wildman–Crippen MR) is 65.9 cm³/mol. The lowest BCUT2D eigenvalue weighted by molar-refractivity contribution is -0.139. The van der Waals surface area contributed by atoms with E-state index in [-0.39, 0.29) is 0 Å². The summed E-state index contributed by atoms with van der Waals surface area (Å²) in [6, 6.07) is 1.27. The van der Waals surface area contributed by atoms with E-state index in [4.69, 9.17) is 5.11 Å². The van der Waals surface area contributed by atoms with Gasteiger partial charge in [0.2, 0.25) is 0 Å². The highest BCUT2D eigenvalue weighted by Gasteiger charge is 2.18. The molecule has 4 nitrogen and oxygen atoms in total. The van der Waals surface area contributed by atoms with E-state index >= 15 is 0 Å². The Kier molecular flexibility index (Phi) is 5.45. The number of nitrogens with one attached hydrogen (secondary N) is 1. The molecule has 0 fully saturated rings. The zero-order valence-electron chi connectivity index (χ0n) is 9.64. The lowest BCUT2D eigenvalue weighted by atomic mass is 10.1. The average molecular weight is 242 g/mol. The van der Waals surface area contributed by atoms with Gasteiger partial charge in [-0.15, -0.1) is 0 Å². The van der Waals surface area contributed by atoms with Gasteiger partial charge in [0.1, 0.15) is 6.04 Å². The van der Waals surface area contributed by atoms with E-state index in [1.54, 1.807) is 0 Å². The van der Waals surface area contributed by atoms with Gasteiger partial charge in [-0.25, -0.2) is 0 Å². The molecule has 1 aromatic rings. The van der Waals surface area contributed by atoms with Crippen molar-refractivity contribution in [3.63, 3.8) is 0 Å². The van der Waals surface area contributed by atoms with Crippen molar-refractivity contribution in [2.24, 2.45) is 0 Å². The fourth-order valence-electron chi connectivity index (χ4n) is 1.43. The van der Waals surface area contributed by atoms with Crippen LogP contribution < -0.4 is 5.32 Å². The number of carboxylic acids is 1. The third-order valence-electron chi connectivity index (χ3n) is 2.25. The summed E-state index contributed by atoms with van der Waals surface area (Å²) in [7, 11) is 4.01. The lowest BCUT2D eigenvalue weighted by Crippen LogP contribution is -2.30. The molecule has 90 valence electrons. The van der Waals surface area contributed by atoms with Gasteiger partial charge in [-0.1, -0.05) is 0 Å². The summed E-state index contributed by atoms with van der Waals surface area (Å²) in [5, 5.41) is 15.9. The molecule has 0 bridgehead atoms. The van der Waals surface area contributed by atoms with Crippen LogP contribution in [0.4, 0.5) is 0 Å². The molecule has 0 aliphatic heterocycles. The van der Waals surface area contributed by atoms with Crippen molar-refractivity contribution < 1.29 is 9.90 Å². The lowest BCUT2D eigenvalue weighted by Gasteiger charge is -2.14. The summed E-state index contributed by atoms with van der Waals surface area (Å²) in [6.07, 6.45) is 0.945. The Morgan fingerprint density at radius 3 is 2.88 bits per heavy atom. The zero-order chi connectivity index (χ0) is 12.0. The first kappa shape index (κ1) is 13.2. The van der Waals surface area contributed by atoms with Crippen molar-refractivity contribution in [3.05, 3.63) is 22.4 Å². The summed E-state index contributed by atoms with van der Waals surface area (Å²) in [5.74, 6) is -0.816. The fraction of sp³-hybridized carbons (Fsp3) is 0.545. The van der Waals surface area contributed by atoms with Gasteiger partial charge < -0.3 is 15.3 Å². The number of carbonyl (C=O) groups is 1. The minimum absolute atomic E-state index is 0.576. The molecule has 1 heterocycles. The van der Waals surface area contributed by atoms with E-state index in [2.05, 4.69) is 10.2 Å². The largest absolute Gasteiger partial charge is 0.480 e. The summed E-state index contributed by atoms with van der Waals surface area (Å²) in [4.78, 5) is 13.1. The van der Waals surface area contributed by atoms with Crippen molar-refractivity contribution in [2.75, 3.05) is 27.2 Å². The third kappa shape index (κ3) is 4.30. The Morgan fingerprint density at radius 2 is 2.38 bits per heavy atom. The van der Waals surface area contributed by atoms with Crippen molar-refractivity contribution in [2.45, 2.75) is 12.5 Å². The van der Waals surface area contributed by atoms with E-state index < -0.39 is 12.0 Å². The molecule has 0 saturated carbocycles. The van der Waals surface area contributed by atoms with Gasteiger partial charge in [-0.05, 0) is 56.0 Å². The van der Waals surface area contributed by atoms with E-state index in [1.165, 1.54) is 11.3 Å². The maximum Gasteiger partial charge on any atom is 0.325 e. The molecule has 0 aromatic carbocycles. The Bertz CT molecular complexity index is 312. The molecule has 0 saturated heterocycles. The van der Waals surface area contributed by atoms with Gasteiger partial charge in [0.15, 0.2) is 0 Å². The highest BCUT2D eigenvalue weighted by molar-refractivity contribution is 7.08. The van der Waals surface area contributed by atoms with Crippen molar-refractivity contribution in [1.29, 1.82) is 0 Å². The van der Waals surface area contributed by atoms with Gasteiger partial charge >= 0.3 is 5.97 Å². The SMILES string of the molecule is CN(C)CCCNC(C(=O)O)c1ccsc1. The standard InChI is InChI=1S/C11H18N2O2S/c1-13(2)6-3-5-12-10(11(14)15)9-4-7-16-8-9/h4,7-8,10,12H,3,5-6H2,1-2H3,(H,14,15). The summed E-state index contributed by atoms with van der Waals surface area (Å²) in [6.45, 7) is 1.67. The van der Waals surface area contributed by atoms with Gasteiger partial charge in [-0.2, -0.15) is 11.3 Å². The van der Waals surface area contributed by atoms with E-state index in [0.29, 0.717) is 6.54 Å². The molecule has 2 N–H and O–H groups in total. The molecule has 5 heteroatoms. The van der Waals surface area contributed by atoms with E-state index in [0.717, 1.165) is 18.5 Å². The monoisotopic (exact) mass is 242 g/mol. The van der Waals surface area contributed by atoms with Crippen LogP contribution in [-0.4, -0.2) is 43.2 Å². The first-order valence-electron chi connectivity index (χ1n) is 5.24. The quantitative estimate of drug-likeness (QED) is 0.710. The summed E-state index contributed by atoms with van der Waals surface area (Å²) in [5.41, 5.74) is 0.836. The topological polar surface area (TPSA) is 52.6 Å². The number of aliphatic carboxylic acids is 1. The predicted octanol–water partition coefficient (Wildman–Crippen LogP) is 1.42. The van der Waals surface area contributed by atoms with Crippen LogP contribution in [-0.2, 0) is 4.79 Å². The summed E-state index contributed by atoms with van der Waals surface area (Å²) < 4.78 is 0. The molecule has 16 heavy (non-hydrogen) atoms. The van der Waals surface area contributed by atoms with Crippen LogP contribution in [0.25, 0.3) is 0 Å². The van der Waals surface area contributed by atoms with Crippen molar-refractivity contribution in [3.8, 4) is 0 Å². The minimum Gasteiger partial charge on any atom is -0.480 e. The Morgan fingerprint density at radius 1 is 1.62 bits per heavy atom. The number of thiophene rings is 1. The fourth-order valence-corrected chi connectivity index (χ4v) is 2.11. The maximum absolute atomic E-state index is 11.1. The molecule has 0 aliphatic rings. The first-order chi connectivity index (χ1) is 7.61. The smallest absolute Gasteiger partial charge is 0.325 e. The molecule has 1 atom stereocenters. The van der Waals surface area contributed by atoms with Gasteiger partial charge in [0.05, 0.1) is 0 Å². The number of carboxylic acid groups (broad SMARTS) is 1. The average Bonchev–Trinajstić information content (AvgIpc) is 2.69. The van der Waals surface area contributed by atoms with Crippen molar-refractivity contribution in [1.82, 2.24) is 10.2 Å². The molecular formula is C11H18N2O2S. The molecule has 0 radical (unpaired) electrons. The van der Waals surface area contributed by atoms with Crippen LogP contribution in [0.15, 0.2) is 16.8 Å². The number of hydrogen-bond acceptors (Lipinski definition) is 4. The second-order valence-electron chi connectivity index (χ2n) is 3.94.